The molecule has 0 radical (unpaired) electrons. The first-order chi connectivity index (χ1) is 10.5. The number of hydrogen-bond donors (Lipinski definition) is 2. The number of rotatable bonds is 7. The summed E-state index contributed by atoms with van der Waals surface area (Å²) in [7, 11) is 1.39. The Balaban J connectivity index is 1.89. The third-order valence-corrected chi connectivity index (χ3v) is 5.51. The molecule has 2 unspecified atom stereocenters. The predicted octanol–water partition coefficient (Wildman–Crippen LogP) is 2.15. The van der Waals surface area contributed by atoms with Crippen molar-refractivity contribution in [2.24, 2.45) is 5.92 Å². The van der Waals surface area contributed by atoms with Gasteiger partial charge in [-0.1, -0.05) is 13.8 Å². The summed E-state index contributed by atoms with van der Waals surface area (Å²) < 4.78 is 4.78. The Labute approximate surface area is 133 Å². The lowest BCUT2D eigenvalue weighted by Gasteiger charge is -2.34. The van der Waals surface area contributed by atoms with E-state index >= 15 is 0 Å². The second-order valence-electron chi connectivity index (χ2n) is 6.97. The van der Waals surface area contributed by atoms with Gasteiger partial charge in [0.15, 0.2) is 0 Å². The molecule has 2 atom stereocenters. The molecule has 2 saturated heterocycles. The zero-order valence-corrected chi connectivity index (χ0v) is 14.1. The highest BCUT2D eigenvalue weighted by atomic mass is 16.5. The smallest absolute Gasteiger partial charge is 0.307 e. The fourth-order valence-corrected chi connectivity index (χ4v) is 4.02. The quantitative estimate of drug-likeness (QED) is 0.707. The van der Waals surface area contributed by atoms with Gasteiger partial charge in [-0.15, -0.1) is 0 Å². The lowest BCUT2D eigenvalue weighted by atomic mass is 9.86. The van der Waals surface area contributed by atoms with E-state index in [1.54, 1.807) is 0 Å². The third-order valence-electron chi connectivity index (χ3n) is 5.51. The summed E-state index contributed by atoms with van der Waals surface area (Å²) in [5.41, 5.74) is -0.462. The molecular formula is C17H30N2O3. The second-order valence-corrected chi connectivity index (χ2v) is 6.97. The van der Waals surface area contributed by atoms with E-state index in [4.69, 9.17) is 4.74 Å². The van der Waals surface area contributed by atoms with Gasteiger partial charge in [0.25, 0.3) is 0 Å². The molecule has 2 N–H and O–H groups in total. The minimum absolute atomic E-state index is 0.0823. The summed E-state index contributed by atoms with van der Waals surface area (Å²) in [6.45, 7) is 4.02. The number of esters is 1. The number of methoxy groups -OCH3 is 1. The molecule has 2 aliphatic rings. The van der Waals surface area contributed by atoms with Crippen molar-refractivity contribution in [2.45, 2.75) is 82.8 Å². The van der Waals surface area contributed by atoms with Crippen molar-refractivity contribution < 1.29 is 14.3 Å². The van der Waals surface area contributed by atoms with Crippen LogP contribution < -0.4 is 10.6 Å². The molecule has 126 valence electrons. The summed E-state index contributed by atoms with van der Waals surface area (Å²) in [6.07, 6.45) is 7.01. The highest BCUT2D eigenvalue weighted by Gasteiger charge is 2.36. The molecule has 0 aromatic rings. The van der Waals surface area contributed by atoms with E-state index in [1.807, 2.05) is 13.8 Å². The molecule has 5 heteroatoms. The van der Waals surface area contributed by atoms with Crippen LogP contribution in [0.15, 0.2) is 0 Å². The van der Waals surface area contributed by atoms with Crippen LogP contribution in [0.25, 0.3) is 0 Å². The van der Waals surface area contributed by atoms with Gasteiger partial charge in [-0.25, -0.2) is 0 Å². The lowest BCUT2D eigenvalue weighted by molar-refractivity contribution is -0.142. The zero-order valence-electron chi connectivity index (χ0n) is 14.1. The Kier molecular flexibility index (Phi) is 5.84. The summed E-state index contributed by atoms with van der Waals surface area (Å²) in [5.74, 6) is 0.297. The highest BCUT2D eigenvalue weighted by molar-refractivity contribution is 5.79. The molecule has 2 rings (SSSR count). The maximum Gasteiger partial charge on any atom is 0.307 e. The molecule has 22 heavy (non-hydrogen) atoms. The molecule has 1 amide bonds. The molecular weight excluding hydrogens is 280 g/mol. The molecule has 2 fully saturated rings. The van der Waals surface area contributed by atoms with E-state index in [0.29, 0.717) is 24.4 Å². The topological polar surface area (TPSA) is 67.4 Å². The van der Waals surface area contributed by atoms with Gasteiger partial charge < -0.3 is 15.4 Å². The molecule has 0 aliphatic carbocycles. The van der Waals surface area contributed by atoms with Crippen LogP contribution in [0.2, 0.25) is 0 Å². The first kappa shape index (κ1) is 17.3. The largest absolute Gasteiger partial charge is 0.469 e. The second kappa shape index (κ2) is 7.44. The number of hydrogen-bond acceptors (Lipinski definition) is 4. The van der Waals surface area contributed by atoms with E-state index in [-0.39, 0.29) is 18.3 Å². The van der Waals surface area contributed by atoms with Crippen molar-refractivity contribution in [1.29, 1.82) is 0 Å². The molecule has 0 aromatic carbocycles. The molecule has 2 aliphatic heterocycles. The Morgan fingerprint density at radius 1 is 1.18 bits per heavy atom. The average molecular weight is 310 g/mol. The minimum atomic E-state index is -0.462. The summed E-state index contributed by atoms with van der Waals surface area (Å²) in [5, 5.41) is 6.74. The maximum absolute atomic E-state index is 12.5. The van der Waals surface area contributed by atoms with Crippen LogP contribution in [-0.2, 0) is 14.3 Å². The zero-order chi connectivity index (χ0) is 16.2. The van der Waals surface area contributed by atoms with E-state index in [0.717, 1.165) is 25.7 Å². The van der Waals surface area contributed by atoms with Crippen LogP contribution in [0.3, 0.4) is 0 Å². The molecule has 2 bridgehead atoms. The van der Waals surface area contributed by atoms with Gasteiger partial charge >= 0.3 is 5.97 Å². The number of piperidine rings is 1. The van der Waals surface area contributed by atoms with Crippen LogP contribution in [0.1, 0.15) is 65.2 Å². The fraction of sp³-hybridized carbons (Fsp3) is 0.882. The normalized spacial score (nSPS) is 27.5. The molecule has 5 nitrogen and oxygen atoms in total. The van der Waals surface area contributed by atoms with Crippen LogP contribution >= 0.6 is 0 Å². The standard InChI is InChI=1S/C17H30N2O3/c1-4-17(5-2,11-16(21)22-3)19-15(20)10-12-8-13-6-7-14(9-12)18-13/h12-14,18H,4-11H2,1-3H3,(H,19,20). The Morgan fingerprint density at radius 2 is 1.77 bits per heavy atom. The Bertz CT molecular complexity index is 395. The van der Waals surface area contributed by atoms with Crippen LogP contribution in [-0.4, -0.2) is 36.6 Å². The molecule has 2 heterocycles. The van der Waals surface area contributed by atoms with Crippen molar-refractivity contribution in [3.63, 3.8) is 0 Å². The summed E-state index contributed by atoms with van der Waals surface area (Å²) in [6, 6.07) is 1.21. The summed E-state index contributed by atoms with van der Waals surface area (Å²) >= 11 is 0. The maximum atomic E-state index is 12.5. The average Bonchev–Trinajstić information content (AvgIpc) is 2.85. The predicted molar refractivity (Wildman–Crippen MR) is 85.4 cm³/mol. The Hall–Kier alpha value is -1.10. The van der Waals surface area contributed by atoms with Crippen LogP contribution in [0.5, 0.6) is 0 Å². The minimum Gasteiger partial charge on any atom is -0.469 e. The van der Waals surface area contributed by atoms with Crippen molar-refractivity contribution >= 4 is 11.9 Å². The van der Waals surface area contributed by atoms with Gasteiger partial charge in [-0.05, 0) is 44.4 Å². The van der Waals surface area contributed by atoms with Crippen molar-refractivity contribution in [3.8, 4) is 0 Å². The summed E-state index contributed by atoms with van der Waals surface area (Å²) in [4.78, 5) is 24.1. The fourth-order valence-electron chi connectivity index (χ4n) is 4.02. The van der Waals surface area contributed by atoms with Gasteiger partial charge in [0, 0.05) is 24.0 Å². The number of carbonyl (C=O) groups excluding carboxylic acids is 2. The van der Waals surface area contributed by atoms with Crippen molar-refractivity contribution in [2.75, 3.05) is 7.11 Å². The first-order valence-corrected chi connectivity index (χ1v) is 8.64. The van der Waals surface area contributed by atoms with E-state index in [1.165, 1.54) is 20.0 Å². The monoisotopic (exact) mass is 310 g/mol. The van der Waals surface area contributed by atoms with Gasteiger partial charge in [0.2, 0.25) is 5.91 Å². The van der Waals surface area contributed by atoms with E-state index in [9.17, 15) is 9.59 Å². The number of fused-ring (bicyclic) bond motifs is 2. The van der Waals surface area contributed by atoms with E-state index < -0.39 is 5.54 Å². The molecule has 0 aromatic heterocycles. The van der Waals surface area contributed by atoms with Gasteiger partial charge in [0.1, 0.15) is 0 Å². The molecule has 0 saturated carbocycles. The van der Waals surface area contributed by atoms with Gasteiger partial charge in [-0.2, -0.15) is 0 Å². The van der Waals surface area contributed by atoms with Crippen LogP contribution in [0.4, 0.5) is 0 Å². The van der Waals surface area contributed by atoms with Gasteiger partial charge in [-0.3, -0.25) is 9.59 Å². The Morgan fingerprint density at radius 3 is 2.27 bits per heavy atom. The molecule has 0 spiro atoms. The number of amides is 1. The number of carbonyl (C=O) groups is 2. The first-order valence-electron chi connectivity index (χ1n) is 8.64. The third kappa shape index (κ3) is 4.22. The van der Waals surface area contributed by atoms with Gasteiger partial charge in [0.05, 0.1) is 13.5 Å². The lowest BCUT2D eigenvalue weighted by Crippen LogP contribution is -2.50. The highest BCUT2D eigenvalue weighted by Crippen LogP contribution is 2.33. The number of ether oxygens (including phenoxy) is 1. The van der Waals surface area contributed by atoms with Crippen molar-refractivity contribution in [3.05, 3.63) is 0 Å². The van der Waals surface area contributed by atoms with Crippen LogP contribution in [0, 0.1) is 5.92 Å². The van der Waals surface area contributed by atoms with E-state index in [2.05, 4.69) is 10.6 Å². The van der Waals surface area contributed by atoms with Crippen molar-refractivity contribution in [1.82, 2.24) is 10.6 Å². The number of nitrogens with one attached hydrogen (secondary N) is 2. The SMILES string of the molecule is CCC(CC)(CC(=O)OC)NC(=O)CC1CC2CCC(C1)N2.